The highest BCUT2D eigenvalue weighted by atomic mass is 16.2. The Kier molecular flexibility index (Phi) is 7.48. The molecular weight excluding hydrogens is 504 g/mol. The van der Waals surface area contributed by atoms with E-state index in [0.29, 0.717) is 33.0 Å². The van der Waals surface area contributed by atoms with Crippen LogP contribution in [0.1, 0.15) is 107 Å². The maximum atomic E-state index is 13.8. The van der Waals surface area contributed by atoms with Gasteiger partial charge in [-0.1, -0.05) is 26.7 Å². The predicted octanol–water partition coefficient (Wildman–Crippen LogP) is 4.56. The highest BCUT2D eigenvalue weighted by molar-refractivity contribution is 6.33. The van der Waals surface area contributed by atoms with Gasteiger partial charge in [0.1, 0.15) is 0 Å². The maximum Gasteiger partial charge on any atom is 0.261 e. The molecule has 212 valence electrons. The first-order valence-electron chi connectivity index (χ1n) is 15.2. The summed E-state index contributed by atoms with van der Waals surface area (Å²) in [7, 11) is 0. The summed E-state index contributed by atoms with van der Waals surface area (Å²) in [5, 5.41) is 0.940. The van der Waals surface area contributed by atoms with E-state index in [4.69, 9.17) is 0 Å². The first-order chi connectivity index (χ1) is 19.4. The van der Waals surface area contributed by atoms with Crippen molar-refractivity contribution in [1.82, 2.24) is 19.6 Å². The molecule has 0 N–H and O–H groups in total. The number of piperidine rings is 2. The van der Waals surface area contributed by atoms with Gasteiger partial charge in [0.2, 0.25) is 0 Å². The smallest absolute Gasteiger partial charge is 0.261 e. The fourth-order valence-electron chi connectivity index (χ4n) is 7.14. The molecule has 0 saturated carbocycles. The van der Waals surface area contributed by atoms with Crippen molar-refractivity contribution in [3.05, 3.63) is 46.5 Å². The molecule has 0 atom stereocenters. The number of carbonyl (C=O) groups is 4. The number of hydrogen-bond donors (Lipinski definition) is 0. The molecule has 4 amide bonds. The second kappa shape index (κ2) is 11.1. The molecule has 4 aliphatic heterocycles. The minimum absolute atomic E-state index is 0.143. The fraction of sp³-hybridized carbons (Fsp3) is 0.562. The van der Waals surface area contributed by atoms with Crippen LogP contribution in [0.15, 0.2) is 24.3 Å². The highest BCUT2D eigenvalue weighted by Crippen LogP contribution is 2.40. The zero-order valence-corrected chi connectivity index (χ0v) is 23.8. The second-order valence-electron chi connectivity index (χ2n) is 11.9. The molecule has 0 aliphatic carbocycles. The Morgan fingerprint density at radius 2 is 0.850 bits per heavy atom. The molecule has 2 fully saturated rings. The Morgan fingerprint density at radius 1 is 0.550 bits per heavy atom. The van der Waals surface area contributed by atoms with Crippen LogP contribution < -0.4 is 0 Å². The molecule has 0 radical (unpaired) electrons. The second-order valence-corrected chi connectivity index (χ2v) is 11.9. The molecule has 0 unspecified atom stereocenters. The zero-order chi connectivity index (χ0) is 28.0. The zero-order valence-electron chi connectivity index (χ0n) is 23.8. The average molecular weight is 545 g/mol. The van der Waals surface area contributed by atoms with Crippen LogP contribution in [0.5, 0.6) is 0 Å². The molecule has 0 spiro atoms. The average Bonchev–Trinajstić information content (AvgIpc) is 2.98. The molecule has 2 saturated heterocycles. The third-order valence-electron chi connectivity index (χ3n) is 9.46. The van der Waals surface area contributed by atoms with Crippen LogP contribution in [0.4, 0.5) is 0 Å². The van der Waals surface area contributed by atoms with Crippen LogP contribution in [0.3, 0.4) is 0 Å². The molecule has 8 nitrogen and oxygen atoms in total. The van der Waals surface area contributed by atoms with E-state index in [1.165, 1.54) is 9.80 Å². The number of unbranched alkanes of at least 4 members (excludes halogenated alkanes) is 2. The van der Waals surface area contributed by atoms with E-state index in [-0.39, 0.29) is 35.7 Å². The van der Waals surface area contributed by atoms with Crippen LogP contribution in [-0.2, 0) is 0 Å². The van der Waals surface area contributed by atoms with Crippen molar-refractivity contribution in [1.29, 1.82) is 0 Å². The molecule has 0 aromatic heterocycles. The minimum atomic E-state index is -0.310. The lowest BCUT2D eigenvalue weighted by Gasteiger charge is -2.41. The van der Waals surface area contributed by atoms with Gasteiger partial charge < -0.3 is 9.80 Å². The summed E-state index contributed by atoms with van der Waals surface area (Å²) in [5.41, 5.74) is 1.67. The van der Waals surface area contributed by atoms with Crippen molar-refractivity contribution in [2.24, 2.45) is 0 Å². The van der Waals surface area contributed by atoms with Crippen molar-refractivity contribution >= 4 is 34.4 Å². The largest absolute Gasteiger partial charge is 0.303 e. The van der Waals surface area contributed by atoms with E-state index < -0.39 is 0 Å². The summed E-state index contributed by atoms with van der Waals surface area (Å²) < 4.78 is 0. The van der Waals surface area contributed by atoms with Crippen molar-refractivity contribution in [2.75, 3.05) is 39.3 Å². The van der Waals surface area contributed by atoms with E-state index in [1.54, 1.807) is 24.3 Å². The van der Waals surface area contributed by atoms with Gasteiger partial charge in [-0.25, -0.2) is 0 Å². The van der Waals surface area contributed by atoms with Crippen LogP contribution in [0.25, 0.3) is 10.8 Å². The number of hydrogen-bond acceptors (Lipinski definition) is 6. The van der Waals surface area contributed by atoms with Crippen molar-refractivity contribution in [3.63, 3.8) is 0 Å². The standard InChI is InChI=1S/C32H40N4O4/c1-3-5-15-33-17-11-21(12-18-33)35-29(37)23-7-9-25-28-26(10-8-24(27(23)28)30(35)38)32(40)36(31(25)39)22-13-19-34(20-14-22)16-6-4-2/h7-10,21-22H,3-6,11-20H2,1-2H3. The lowest BCUT2D eigenvalue weighted by Crippen LogP contribution is -2.53. The van der Waals surface area contributed by atoms with Gasteiger partial charge in [0.15, 0.2) is 0 Å². The summed E-state index contributed by atoms with van der Waals surface area (Å²) >= 11 is 0. The summed E-state index contributed by atoms with van der Waals surface area (Å²) in [6, 6.07) is 6.50. The van der Waals surface area contributed by atoms with E-state index in [2.05, 4.69) is 23.6 Å². The predicted molar refractivity (Wildman–Crippen MR) is 154 cm³/mol. The Bertz CT molecular complexity index is 1180. The van der Waals surface area contributed by atoms with Crippen molar-refractivity contribution < 1.29 is 19.2 Å². The molecule has 2 aromatic carbocycles. The van der Waals surface area contributed by atoms with Gasteiger partial charge in [0.25, 0.3) is 23.6 Å². The van der Waals surface area contributed by atoms with Crippen molar-refractivity contribution in [2.45, 2.75) is 77.3 Å². The fourth-order valence-corrected chi connectivity index (χ4v) is 7.14. The first-order valence-corrected chi connectivity index (χ1v) is 15.2. The highest BCUT2D eigenvalue weighted by Gasteiger charge is 2.44. The molecular formula is C32H40N4O4. The van der Waals surface area contributed by atoms with Gasteiger partial charge in [0.05, 0.1) is 0 Å². The SMILES string of the molecule is CCCCN1CCC(N2C(=O)c3ccc4c5c(ccc(c35)C2=O)C(=O)N(C2CCN(CCCC)CC2)C4=O)CC1. The molecule has 0 bridgehead atoms. The first kappa shape index (κ1) is 27.1. The summed E-state index contributed by atoms with van der Waals surface area (Å²) in [4.78, 5) is 62.8. The number of likely N-dealkylation sites (tertiary alicyclic amines) is 2. The van der Waals surface area contributed by atoms with Crippen LogP contribution in [0, 0.1) is 0 Å². The van der Waals surface area contributed by atoms with Gasteiger partial charge in [-0.3, -0.25) is 29.0 Å². The van der Waals surface area contributed by atoms with E-state index in [0.717, 1.165) is 90.6 Å². The normalized spacial score (nSPS) is 21.2. The molecule has 4 aliphatic rings. The Balaban J connectivity index is 1.28. The third kappa shape index (κ3) is 4.45. The lowest BCUT2D eigenvalue weighted by molar-refractivity contribution is 0.0436. The molecule has 6 rings (SSSR count). The number of benzene rings is 2. The van der Waals surface area contributed by atoms with Crippen LogP contribution >= 0.6 is 0 Å². The van der Waals surface area contributed by atoms with E-state index >= 15 is 0 Å². The van der Waals surface area contributed by atoms with Gasteiger partial charge in [-0.15, -0.1) is 0 Å². The Morgan fingerprint density at radius 3 is 1.12 bits per heavy atom. The van der Waals surface area contributed by atoms with Crippen LogP contribution in [-0.4, -0.2) is 94.6 Å². The van der Waals surface area contributed by atoms with Gasteiger partial charge in [-0.05, 0) is 75.9 Å². The molecule has 4 heterocycles. The topological polar surface area (TPSA) is 81.2 Å². The number of nitrogens with zero attached hydrogens (tertiary/aromatic N) is 4. The van der Waals surface area contributed by atoms with E-state index in [9.17, 15) is 19.2 Å². The van der Waals surface area contributed by atoms with Crippen LogP contribution in [0.2, 0.25) is 0 Å². The number of imide groups is 2. The summed E-state index contributed by atoms with van der Waals surface area (Å²) in [5.74, 6) is -1.24. The summed E-state index contributed by atoms with van der Waals surface area (Å²) in [6.07, 6.45) is 7.65. The van der Waals surface area contributed by atoms with Gasteiger partial charge in [-0.2, -0.15) is 0 Å². The lowest BCUT2D eigenvalue weighted by atomic mass is 9.84. The molecule has 2 aromatic rings. The monoisotopic (exact) mass is 544 g/mol. The minimum Gasteiger partial charge on any atom is -0.303 e. The number of carbonyl (C=O) groups excluding carboxylic acids is 4. The molecule has 8 heteroatoms. The third-order valence-corrected chi connectivity index (χ3v) is 9.46. The Hall–Kier alpha value is -3.10. The number of rotatable bonds is 8. The quantitative estimate of drug-likeness (QED) is 0.453. The summed E-state index contributed by atoms with van der Waals surface area (Å²) in [6.45, 7) is 9.96. The Labute approximate surface area is 236 Å². The van der Waals surface area contributed by atoms with Crippen molar-refractivity contribution in [3.8, 4) is 0 Å². The van der Waals surface area contributed by atoms with Gasteiger partial charge in [0, 0.05) is 71.3 Å². The maximum absolute atomic E-state index is 13.8. The van der Waals surface area contributed by atoms with E-state index in [1.807, 2.05) is 0 Å². The molecule has 40 heavy (non-hydrogen) atoms. The number of amides is 4. The van der Waals surface area contributed by atoms with Gasteiger partial charge >= 0.3 is 0 Å².